The minimum absolute atomic E-state index is 0. The number of para-hydroxylation sites is 1. The van der Waals surface area contributed by atoms with Crippen LogP contribution in [0.5, 0.6) is 5.75 Å². The number of fused-ring (bicyclic) bond motifs is 1. The third-order valence-corrected chi connectivity index (χ3v) is 7.97. The number of benzene rings is 3. The van der Waals surface area contributed by atoms with E-state index in [4.69, 9.17) is 21.1 Å². The summed E-state index contributed by atoms with van der Waals surface area (Å²) in [5.74, 6) is 1.24. The Morgan fingerprint density at radius 1 is 0.914 bits per heavy atom. The van der Waals surface area contributed by atoms with Gasteiger partial charge in [-0.25, -0.2) is 0 Å². The van der Waals surface area contributed by atoms with Crippen LogP contribution >= 0.6 is 24.0 Å². The summed E-state index contributed by atoms with van der Waals surface area (Å²) in [6, 6.07) is 27.8. The molecule has 35 heavy (non-hydrogen) atoms. The molecule has 3 aromatic rings. The second-order valence-electron chi connectivity index (χ2n) is 9.70. The Morgan fingerprint density at radius 3 is 2.17 bits per heavy atom. The van der Waals surface area contributed by atoms with Crippen molar-refractivity contribution in [2.75, 3.05) is 19.6 Å². The monoisotopic (exact) mass is 511 g/mol. The largest absolute Gasteiger partial charge is 0.486 e. The van der Waals surface area contributed by atoms with Gasteiger partial charge in [0.05, 0.1) is 11.6 Å². The van der Waals surface area contributed by atoms with Gasteiger partial charge in [0, 0.05) is 24.6 Å². The van der Waals surface area contributed by atoms with Gasteiger partial charge in [-0.1, -0.05) is 84.4 Å². The molecule has 0 bridgehead atoms. The highest BCUT2D eigenvalue weighted by Gasteiger charge is 2.44. The highest BCUT2D eigenvalue weighted by atomic mass is 35.5. The summed E-state index contributed by atoms with van der Waals surface area (Å²) < 4.78 is 12.9. The van der Waals surface area contributed by atoms with Crippen LogP contribution in [-0.4, -0.2) is 36.2 Å². The summed E-state index contributed by atoms with van der Waals surface area (Å²) >= 11 is 6.41. The second-order valence-corrected chi connectivity index (χ2v) is 10.1. The maximum absolute atomic E-state index is 6.52. The van der Waals surface area contributed by atoms with Crippen LogP contribution in [0.1, 0.15) is 55.2 Å². The topological polar surface area (TPSA) is 21.7 Å². The standard InChI is InChI=1S/C30H34ClNO2.ClH/c1-23-30(33-22-26-14-8-16-28(31)29(26)34-23)17-20-32(21-18-30)19-9-15-27(24-10-4-2-5-11-24)25-12-6-3-7-13-25;/h2-8,10-14,16,23,27H,9,15,17-22H2,1H3;1H. The Hall–Kier alpha value is -2.04. The number of likely N-dealkylation sites (tertiary alicyclic amines) is 1. The van der Waals surface area contributed by atoms with Crippen LogP contribution in [-0.2, 0) is 11.3 Å². The Morgan fingerprint density at radius 2 is 1.54 bits per heavy atom. The SMILES string of the molecule is CC1Oc2c(Cl)cccc2COC12CCN(CCCC(c1ccccc1)c1ccccc1)CC2.Cl. The van der Waals surface area contributed by atoms with Gasteiger partial charge in [-0.15, -0.1) is 12.4 Å². The number of rotatable bonds is 6. The van der Waals surface area contributed by atoms with Gasteiger partial charge in [0.25, 0.3) is 0 Å². The summed E-state index contributed by atoms with van der Waals surface area (Å²) in [4.78, 5) is 2.60. The van der Waals surface area contributed by atoms with Crippen LogP contribution in [0.25, 0.3) is 0 Å². The van der Waals surface area contributed by atoms with E-state index in [1.807, 2.05) is 12.1 Å². The molecule has 0 aromatic heterocycles. The van der Waals surface area contributed by atoms with Crippen molar-refractivity contribution < 1.29 is 9.47 Å². The molecular formula is C30H35Cl2NO2. The normalized spacial score (nSPS) is 19.5. The zero-order chi connectivity index (χ0) is 23.4. The zero-order valence-electron chi connectivity index (χ0n) is 20.4. The number of hydrogen-bond acceptors (Lipinski definition) is 3. The van der Waals surface area contributed by atoms with Gasteiger partial charge in [-0.2, -0.15) is 0 Å². The summed E-state index contributed by atoms with van der Waals surface area (Å²) in [6.45, 7) is 5.90. The van der Waals surface area contributed by atoms with Gasteiger partial charge in [-0.3, -0.25) is 0 Å². The van der Waals surface area contributed by atoms with E-state index in [1.165, 1.54) is 17.5 Å². The van der Waals surface area contributed by atoms with Crippen molar-refractivity contribution in [1.29, 1.82) is 0 Å². The summed E-state index contributed by atoms with van der Waals surface area (Å²) in [7, 11) is 0. The Balaban J connectivity index is 0.00000289. The summed E-state index contributed by atoms with van der Waals surface area (Å²) in [5.41, 5.74) is 3.62. The molecule has 3 nitrogen and oxygen atoms in total. The van der Waals surface area contributed by atoms with Crippen molar-refractivity contribution in [2.24, 2.45) is 0 Å². The predicted molar refractivity (Wildman–Crippen MR) is 146 cm³/mol. The highest BCUT2D eigenvalue weighted by Crippen LogP contribution is 2.40. The van der Waals surface area contributed by atoms with E-state index in [-0.39, 0.29) is 24.1 Å². The van der Waals surface area contributed by atoms with Crippen molar-refractivity contribution in [2.45, 2.75) is 56.8 Å². The average Bonchev–Trinajstić information content (AvgIpc) is 3.02. The van der Waals surface area contributed by atoms with Crippen molar-refractivity contribution in [3.8, 4) is 5.75 Å². The van der Waals surface area contributed by atoms with E-state index in [9.17, 15) is 0 Å². The lowest BCUT2D eigenvalue weighted by Gasteiger charge is -2.43. The van der Waals surface area contributed by atoms with E-state index in [2.05, 4.69) is 78.6 Å². The average molecular weight is 513 g/mol. The van der Waals surface area contributed by atoms with Crippen LogP contribution in [0.2, 0.25) is 5.02 Å². The van der Waals surface area contributed by atoms with E-state index < -0.39 is 0 Å². The lowest BCUT2D eigenvalue weighted by atomic mass is 9.85. The molecule has 0 aliphatic carbocycles. The van der Waals surface area contributed by atoms with Crippen molar-refractivity contribution in [1.82, 2.24) is 4.90 Å². The maximum Gasteiger partial charge on any atom is 0.143 e. The van der Waals surface area contributed by atoms with E-state index >= 15 is 0 Å². The van der Waals surface area contributed by atoms with Crippen molar-refractivity contribution >= 4 is 24.0 Å². The third kappa shape index (κ3) is 5.86. The molecule has 1 fully saturated rings. The third-order valence-electron chi connectivity index (χ3n) is 7.67. The van der Waals surface area contributed by atoms with Crippen LogP contribution in [0, 0.1) is 0 Å². The lowest BCUT2D eigenvalue weighted by Crippen LogP contribution is -2.53. The Labute approximate surface area is 220 Å². The molecular weight excluding hydrogens is 477 g/mol. The van der Waals surface area contributed by atoms with Crippen LogP contribution < -0.4 is 4.74 Å². The van der Waals surface area contributed by atoms with Crippen LogP contribution in [0.4, 0.5) is 0 Å². The van der Waals surface area contributed by atoms with E-state index in [0.717, 1.165) is 50.2 Å². The predicted octanol–water partition coefficient (Wildman–Crippen LogP) is 7.51. The number of piperidine rings is 1. The van der Waals surface area contributed by atoms with Crippen molar-refractivity contribution in [3.63, 3.8) is 0 Å². The fourth-order valence-electron chi connectivity index (χ4n) is 5.54. The van der Waals surface area contributed by atoms with Crippen LogP contribution in [0.15, 0.2) is 78.9 Å². The van der Waals surface area contributed by atoms with Crippen molar-refractivity contribution in [3.05, 3.63) is 101 Å². The molecule has 5 heteroatoms. The molecule has 1 saturated heterocycles. The number of nitrogens with zero attached hydrogens (tertiary/aromatic N) is 1. The smallest absolute Gasteiger partial charge is 0.143 e. The fraction of sp³-hybridized carbons (Fsp3) is 0.400. The van der Waals surface area contributed by atoms with Gasteiger partial charge in [0.15, 0.2) is 0 Å². The first-order valence-corrected chi connectivity index (χ1v) is 12.9. The molecule has 1 atom stereocenters. The summed E-state index contributed by atoms with van der Waals surface area (Å²) in [6.07, 6.45) is 4.28. The lowest BCUT2D eigenvalue weighted by molar-refractivity contribution is -0.136. The number of halogens is 2. The van der Waals surface area contributed by atoms with Gasteiger partial charge in [0.1, 0.15) is 17.5 Å². The molecule has 186 valence electrons. The van der Waals surface area contributed by atoms with Gasteiger partial charge in [-0.05, 0) is 56.3 Å². The number of ether oxygens (including phenoxy) is 2. The quantitative estimate of drug-likeness (QED) is 0.341. The Bertz CT molecular complexity index is 1030. The number of hydrogen-bond donors (Lipinski definition) is 0. The Kier molecular flexibility index (Phi) is 8.77. The van der Waals surface area contributed by atoms with Gasteiger partial charge >= 0.3 is 0 Å². The van der Waals surface area contributed by atoms with Gasteiger partial charge < -0.3 is 14.4 Å². The molecule has 0 amide bonds. The molecule has 2 aliphatic rings. The second kappa shape index (κ2) is 11.8. The minimum Gasteiger partial charge on any atom is -0.486 e. The maximum atomic E-state index is 6.52. The molecule has 1 spiro atoms. The first-order valence-electron chi connectivity index (χ1n) is 12.5. The molecule has 1 unspecified atom stereocenters. The first kappa shape index (κ1) is 26.0. The van der Waals surface area contributed by atoms with Crippen LogP contribution in [0.3, 0.4) is 0 Å². The molecule has 0 saturated carbocycles. The fourth-order valence-corrected chi connectivity index (χ4v) is 5.78. The molecule has 5 rings (SSSR count). The highest BCUT2D eigenvalue weighted by molar-refractivity contribution is 6.32. The minimum atomic E-state index is -0.241. The molecule has 2 heterocycles. The zero-order valence-corrected chi connectivity index (χ0v) is 21.9. The first-order chi connectivity index (χ1) is 16.6. The van der Waals surface area contributed by atoms with E-state index in [0.29, 0.717) is 17.5 Å². The van der Waals surface area contributed by atoms with E-state index in [1.54, 1.807) is 0 Å². The molecule has 0 N–H and O–H groups in total. The summed E-state index contributed by atoms with van der Waals surface area (Å²) in [5, 5.41) is 0.675. The molecule has 3 aromatic carbocycles. The molecule has 2 aliphatic heterocycles. The van der Waals surface area contributed by atoms with Gasteiger partial charge in [0.2, 0.25) is 0 Å². The molecule has 0 radical (unpaired) electrons.